The van der Waals surface area contributed by atoms with E-state index >= 15 is 0 Å². The van der Waals surface area contributed by atoms with Crippen LogP contribution in [-0.4, -0.2) is 5.91 Å². The number of hydrogen-bond donors (Lipinski definition) is 2. The molecule has 3 N–H and O–H groups in total. The van der Waals surface area contributed by atoms with Crippen LogP contribution in [0.15, 0.2) is 42.5 Å². The molecule has 0 saturated heterocycles. The average molecular weight is 265 g/mol. The van der Waals surface area contributed by atoms with Gasteiger partial charge in [-0.25, -0.2) is 4.39 Å². The van der Waals surface area contributed by atoms with Gasteiger partial charge >= 0.3 is 0 Å². The van der Waals surface area contributed by atoms with Gasteiger partial charge in [0.15, 0.2) is 0 Å². The number of hydrogen-bond acceptors (Lipinski definition) is 2. The number of rotatable bonds is 2. The molecule has 1 amide bonds. The van der Waals surface area contributed by atoms with Crippen LogP contribution in [0.3, 0.4) is 0 Å². The molecule has 0 spiro atoms. The second-order valence-electron chi connectivity index (χ2n) is 3.70. The van der Waals surface area contributed by atoms with Crippen molar-refractivity contribution in [2.75, 3.05) is 11.1 Å². The molecule has 0 unspecified atom stereocenters. The van der Waals surface area contributed by atoms with Crippen LogP contribution >= 0.6 is 11.6 Å². The number of halogens is 2. The van der Waals surface area contributed by atoms with Crippen LogP contribution in [0.2, 0.25) is 5.02 Å². The van der Waals surface area contributed by atoms with Crippen LogP contribution in [-0.2, 0) is 0 Å². The van der Waals surface area contributed by atoms with Crippen LogP contribution < -0.4 is 11.1 Å². The minimum atomic E-state index is -0.453. The SMILES string of the molecule is Nc1ccc(C(=O)Nc2ccc(F)cc2Cl)cc1. The van der Waals surface area contributed by atoms with E-state index in [-0.39, 0.29) is 10.9 Å². The number of benzene rings is 2. The highest BCUT2D eigenvalue weighted by Crippen LogP contribution is 2.23. The molecule has 0 bridgehead atoms. The zero-order valence-corrected chi connectivity index (χ0v) is 10.0. The number of amides is 1. The maximum atomic E-state index is 12.8. The van der Waals surface area contributed by atoms with Gasteiger partial charge in [-0.15, -0.1) is 0 Å². The van der Waals surface area contributed by atoms with Gasteiger partial charge in [0.05, 0.1) is 10.7 Å². The number of carbonyl (C=O) groups excluding carboxylic acids is 1. The lowest BCUT2D eigenvalue weighted by molar-refractivity contribution is 0.102. The van der Waals surface area contributed by atoms with Crippen LogP contribution in [0, 0.1) is 5.82 Å². The van der Waals surface area contributed by atoms with Crippen molar-refractivity contribution >= 4 is 28.9 Å². The third-order valence-corrected chi connectivity index (χ3v) is 2.66. The largest absolute Gasteiger partial charge is 0.399 e. The molecule has 92 valence electrons. The summed E-state index contributed by atoms with van der Waals surface area (Å²) in [5, 5.41) is 2.75. The first-order chi connectivity index (χ1) is 8.56. The molecule has 0 aliphatic heterocycles. The van der Waals surface area contributed by atoms with Crippen molar-refractivity contribution in [1.29, 1.82) is 0 Å². The maximum absolute atomic E-state index is 12.8. The molecule has 2 aromatic carbocycles. The lowest BCUT2D eigenvalue weighted by Gasteiger charge is -2.07. The Morgan fingerprint density at radius 2 is 1.83 bits per heavy atom. The van der Waals surface area contributed by atoms with E-state index in [1.807, 2.05) is 0 Å². The van der Waals surface area contributed by atoms with Gasteiger partial charge < -0.3 is 11.1 Å². The van der Waals surface area contributed by atoms with Gasteiger partial charge in [0.25, 0.3) is 5.91 Å². The molecule has 0 atom stereocenters. The third-order valence-electron chi connectivity index (χ3n) is 2.35. The lowest BCUT2D eigenvalue weighted by Crippen LogP contribution is -2.12. The molecule has 0 heterocycles. The van der Waals surface area contributed by atoms with Crippen LogP contribution in [0.25, 0.3) is 0 Å². The van der Waals surface area contributed by atoms with E-state index in [2.05, 4.69) is 5.32 Å². The van der Waals surface area contributed by atoms with Crippen LogP contribution in [0.4, 0.5) is 15.8 Å². The summed E-state index contributed by atoms with van der Waals surface area (Å²) in [7, 11) is 0. The molecule has 18 heavy (non-hydrogen) atoms. The Bertz CT molecular complexity index is 584. The molecule has 0 fully saturated rings. The number of anilines is 2. The van der Waals surface area contributed by atoms with E-state index < -0.39 is 5.82 Å². The second kappa shape index (κ2) is 5.06. The lowest BCUT2D eigenvalue weighted by atomic mass is 10.2. The number of nitrogens with two attached hydrogens (primary N) is 1. The smallest absolute Gasteiger partial charge is 0.255 e. The number of nitrogen functional groups attached to an aromatic ring is 1. The first-order valence-electron chi connectivity index (χ1n) is 5.18. The summed E-state index contributed by atoms with van der Waals surface area (Å²) in [5.41, 5.74) is 6.91. The molecular formula is C13H10ClFN2O. The van der Waals surface area contributed by atoms with E-state index in [0.717, 1.165) is 6.07 Å². The zero-order valence-electron chi connectivity index (χ0n) is 9.28. The molecule has 0 saturated carbocycles. The minimum absolute atomic E-state index is 0.152. The van der Waals surface area contributed by atoms with Crippen molar-refractivity contribution in [3.8, 4) is 0 Å². The standard InChI is InChI=1S/C13H10ClFN2O/c14-11-7-9(15)3-6-12(11)17-13(18)8-1-4-10(16)5-2-8/h1-7H,16H2,(H,17,18). The average Bonchev–Trinajstić information content (AvgIpc) is 2.33. The molecule has 3 nitrogen and oxygen atoms in total. The molecule has 2 rings (SSSR count). The summed E-state index contributed by atoms with van der Waals surface area (Å²) < 4.78 is 12.8. The van der Waals surface area contributed by atoms with E-state index in [1.54, 1.807) is 24.3 Å². The third kappa shape index (κ3) is 2.78. The monoisotopic (exact) mass is 264 g/mol. The first-order valence-corrected chi connectivity index (χ1v) is 5.56. The second-order valence-corrected chi connectivity index (χ2v) is 4.11. The van der Waals surface area contributed by atoms with E-state index in [9.17, 15) is 9.18 Å². The van der Waals surface area contributed by atoms with Crippen molar-refractivity contribution in [2.45, 2.75) is 0 Å². The van der Waals surface area contributed by atoms with E-state index in [0.29, 0.717) is 16.9 Å². The molecule has 0 radical (unpaired) electrons. The van der Waals surface area contributed by atoms with Gasteiger partial charge in [-0.1, -0.05) is 11.6 Å². The quantitative estimate of drug-likeness (QED) is 0.818. The molecule has 0 aromatic heterocycles. The topological polar surface area (TPSA) is 55.1 Å². The molecule has 5 heteroatoms. The molecular weight excluding hydrogens is 255 g/mol. The van der Waals surface area contributed by atoms with Gasteiger partial charge in [0.2, 0.25) is 0 Å². The summed E-state index contributed by atoms with van der Waals surface area (Å²) >= 11 is 5.81. The van der Waals surface area contributed by atoms with Crippen molar-refractivity contribution < 1.29 is 9.18 Å². The zero-order chi connectivity index (χ0) is 13.1. The Hall–Kier alpha value is -2.07. The highest BCUT2D eigenvalue weighted by Gasteiger charge is 2.08. The highest BCUT2D eigenvalue weighted by atomic mass is 35.5. The van der Waals surface area contributed by atoms with Crippen LogP contribution in [0.5, 0.6) is 0 Å². The molecule has 0 aliphatic rings. The molecule has 2 aromatic rings. The molecule has 0 aliphatic carbocycles. The predicted molar refractivity (Wildman–Crippen MR) is 70.2 cm³/mol. The maximum Gasteiger partial charge on any atom is 0.255 e. The van der Waals surface area contributed by atoms with E-state index in [1.165, 1.54) is 12.1 Å². The van der Waals surface area contributed by atoms with Gasteiger partial charge in [0, 0.05) is 11.3 Å². The highest BCUT2D eigenvalue weighted by molar-refractivity contribution is 6.33. The Labute approximate surface area is 108 Å². The van der Waals surface area contributed by atoms with Crippen molar-refractivity contribution in [3.05, 3.63) is 58.9 Å². The van der Waals surface area contributed by atoms with Gasteiger partial charge in [-0.05, 0) is 42.5 Å². The van der Waals surface area contributed by atoms with Gasteiger partial charge in [-0.3, -0.25) is 4.79 Å². The fourth-order valence-corrected chi connectivity index (χ4v) is 1.63. The normalized spacial score (nSPS) is 10.1. The van der Waals surface area contributed by atoms with Gasteiger partial charge in [0.1, 0.15) is 5.82 Å². The van der Waals surface area contributed by atoms with Crippen molar-refractivity contribution in [2.24, 2.45) is 0 Å². The first kappa shape index (κ1) is 12.4. The van der Waals surface area contributed by atoms with Crippen molar-refractivity contribution in [3.63, 3.8) is 0 Å². The minimum Gasteiger partial charge on any atom is -0.399 e. The summed E-state index contributed by atoms with van der Waals surface area (Å²) in [5.74, 6) is -0.783. The van der Waals surface area contributed by atoms with Crippen LogP contribution in [0.1, 0.15) is 10.4 Å². The summed E-state index contributed by atoms with van der Waals surface area (Å²) in [6.45, 7) is 0. The fourth-order valence-electron chi connectivity index (χ4n) is 1.42. The van der Waals surface area contributed by atoms with Gasteiger partial charge in [-0.2, -0.15) is 0 Å². The Morgan fingerprint density at radius 3 is 2.44 bits per heavy atom. The predicted octanol–water partition coefficient (Wildman–Crippen LogP) is 3.31. The Kier molecular flexibility index (Phi) is 3.48. The number of nitrogens with one attached hydrogen (secondary N) is 1. The summed E-state index contributed by atoms with van der Waals surface area (Å²) in [4.78, 5) is 11.9. The van der Waals surface area contributed by atoms with E-state index in [4.69, 9.17) is 17.3 Å². The summed E-state index contributed by atoms with van der Waals surface area (Å²) in [6.07, 6.45) is 0. The fraction of sp³-hybridized carbons (Fsp3) is 0. The van der Waals surface area contributed by atoms with Crippen molar-refractivity contribution in [1.82, 2.24) is 0 Å². The Morgan fingerprint density at radius 1 is 1.17 bits per heavy atom. The number of carbonyl (C=O) groups is 1. The summed E-state index contributed by atoms with van der Waals surface area (Å²) in [6, 6.07) is 10.2. The Balaban J connectivity index is 2.18.